The molecule has 1 heterocycles. The fourth-order valence-corrected chi connectivity index (χ4v) is 3.11. The van der Waals surface area contributed by atoms with E-state index in [1.165, 1.54) is 36.6 Å². The Hall–Kier alpha value is -2.23. The van der Waals surface area contributed by atoms with E-state index < -0.39 is 0 Å². The van der Waals surface area contributed by atoms with Gasteiger partial charge in [-0.15, -0.1) is 0 Å². The third-order valence-corrected chi connectivity index (χ3v) is 4.34. The van der Waals surface area contributed by atoms with Crippen LogP contribution in [0.15, 0.2) is 42.7 Å². The average molecular weight is 297 g/mol. The molecule has 2 aromatic rings. The summed E-state index contributed by atoms with van der Waals surface area (Å²) in [5, 5.41) is 6.91. The molecule has 22 heavy (non-hydrogen) atoms. The maximum absolute atomic E-state index is 11.7. The van der Waals surface area contributed by atoms with Crippen LogP contribution in [0.1, 0.15) is 31.2 Å². The lowest BCUT2D eigenvalue weighted by molar-refractivity contribution is 0.244. The number of hydrogen-bond donors (Lipinski definition) is 3. The van der Waals surface area contributed by atoms with E-state index in [-0.39, 0.29) is 6.03 Å². The van der Waals surface area contributed by atoms with Gasteiger partial charge in [-0.2, -0.15) is 0 Å². The summed E-state index contributed by atoms with van der Waals surface area (Å²) in [6.07, 6.45) is 11.9. The smallest absolute Gasteiger partial charge is 0.318 e. The number of fused-ring (bicyclic) bond motifs is 1. The van der Waals surface area contributed by atoms with Crippen LogP contribution >= 0.6 is 0 Å². The maximum Gasteiger partial charge on any atom is 0.318 e. The minimum atomic E-state index is -0.130. The molecule has 116 valence electrons. The van der Waals surface area contributed by atoms with Crippen molar-refractivity contribution in [2.45, 2.75) is 32.1 Å². The van der Waals surface area contributed by atoms with Gasteiger partial charge in [0.1, 0.15) is 0 Å². The minimum Gasteiger partial charge on any atom is -0.361 e. The Morgan fingerprint density at radius 1 is 1.27 bits per heavy atom. The highest BCUT2D eigenvalue weighted by atomic mass is 16.2. The average Bonchev–Trinajstić information content (AvgIpc) is 3.17. The normalized spacial score (nSPS) is 15.6. The van der Waals surface area contributed by atoms with Crippen LogP contribution in [0.5, 0.6) is 0 Å². The first-order chi connectivity index (χ1) is 10.8. The molecule has 4 heteroatoms. The van der Waals surface area contributed by atoms with Crippen molar-refractivity contribution in [2.75, 3.05) is 6.54 Å². The van der Waals surface area contributed by atoms with Crippen LogP contribution in [0.25, 0.3) is 10.9 Å². The summed E-state index contributed by atoms with van der Waals surface area (Å²) < 4.78 is 0. The second-order valence-corrected chi connectivity index (χ2v) is 5.91. The van der Waals surface area contributed by atoms with E-state index in [9.17, 15) is 4.79 Å². The van der Waals surface area contributed by atoms with Crippen LogP contribution in [0.3, 0.4) is 0 Å². The lowest BCUT2D eigenvalue weighted by Gasteiger charge is -2.05. The Morgan fingerprint density at radius 2 is 2.09 bits per heavy atom. The molecular weight excluding hydrogens is 274 g/mol. The van der Waals surface area contributed by atoms with Crippen molar-refractivity contribution in [3.63, 3.8) is 0 Å². The summed E-state index contributed by atoms with van der Waals surface area (Å²) in [5.74, 6) is 0.645. The van der Waals surface area contributed by atoms with Crippen LogP contribution in [0, 0.1) is 5.92 Å². The van der Waals surface area contributed by atoms with Gasteiger partial charge in [0.2, 0.25) is 0 Å². The molecule has 0 spiro atoms. The molecule has 1 aliphatic rings. The van der Waals surface area contributed by atoms with E-state index in [1.54, 1.807) is 6.20 Å². The monoisotopic (exact) mass is 297 g/mol. The number of H-pyrrole nitrogens is 1. The topological polar surface area (TPSA) is 56.9 Å². The predicted molar refractivity (Wildman–Crippen MR) is 89.6 cm³/mol. The highest BCUT2D eigenvalue weighted by molar-refractivity contribution is 5.83. The number of aromatic amines is 1. The Kier molecular flexibility index (Phi) is 4.78. The molecule has 1 saturated carbocycles. The van der Waals surface area contributed by atoms with Crippen molar-refractivity contribution in [1.82, 2.24) is 15.6 Å². The van der Waals surface area contributed by atoms with Gasteiger partial charge in [0.25, 0.3) is 0 Å². The highest BCUT2D eigenvalue weighted by Gasteiger charge is 2.11. The molecule has 1 aromatic carbocycles. The number of benzene rings is 1. The third-order valence-electron chi connectivity index (χ3n) is 4.34. The van der Waals surface area contributed by atoms with E-state index in [2.05, 4.69) is 33.8 Å². The van der Waals surface area contributed by atoms with E-state index in [4.69, 9.17) is 0 Å². The molecule has 3 rings (SSSR count). The summed E-state index contributed by atoms with van der Waals surface area (Å²) in [6, 6.07) is 8.09. The zero-order valence-electron chi connectivity index (χ0n) is 12.8. The summed E-state index contributed by atoms with van der Waals surface area (Å²) in [6.45, 7) is 0.630. The molecule has 1 aliphatic carbocycles. The molecular formula is C18H23N3O. The first-order valence-electron chi connectivity index (χ1n) is 8.09. The lowest BCUT2D eigenvalue weighted by Crippen LogP contribution is -2.33. The number of allylic oxidation sites excluding steroid dienone is 1. The first-order valence-corrected chi connectivity index (χ1v) is 8.09. The molecule has 2 amide bonds. The van der Waals surface area contributed by atoms with E-state index in [0.29, 0.717) is 12.5 Å². The molecule has 0 radical (unpaired) electrons. The van der Waals surface area contributed by atoms with Crippen molar-refractivity contribution in [2.24, 2.45) is 5.92 Å². The van der Waals surface area contributed by atoms with Gasteiger partial charge in [0, 0.05) is 29.8 Å². The van der Waals surface area contributed by atoms with E-state index in [1.807, 2.05) is 18.3 Å². The minimum absolute atomic E-state index is 0.130. The van der Waals surface area contributed by atoms with Gasteiger partial charge >= 0.3 is 6.03 Å². The van der Waals surface area contributed by atoms with Crippen molar-refractivity contribution < 1.29 is 4.79 Å². The zero-order valence-corrected chi connectivity index (χ0v) is 12.8. The maximum atomic E-state index is 11.7. The highest BCUT2D eigenvalue weighted by Crippen LogP contribution is 2.25. The second-order valence-electron chi connectivity index (χ2n) is 5.91. The summed E-state index contributed by atoms with van der Waals surface area (Å²) in [4.78, 5) is 15.0. The van der Waals surface area contributed by atoms with Crippen LogP contribution in [0.4, 0.5) is 4.79 Å². The third kappa shape index (κ3) is 3.70. The number of amides is 2. The lowest BCUT2D eigenvalue weighted by atomic mass is 10.1. The number of carbonyl (C=O) groups is 1. The molecule has 3 N–H and O–H groups in total. The number of carbonyl (C=O) groups excluding carboxylic acids is 1. The Balaban J connectivity index is 1.41. The number of urea groups is 1. The van der Waals surface area contributed by atoms with Gasteiger partial charge in [-0.1, -0.05) is 37.1 Å². The Morgan fingerprint density at radius 3 is 2.95 bits per heavy atom. The first kappa shape index (κ1) is 14.7. The van der Waals surface area contributed by atoms with Crippen LogP contribution in [-0.4, -0.2) is 17.6 Å². The van der Waals surface area contributed by atoms with Gasteiger partial charge in [-0.05, 0) is 36.8 Å². The molecule has 0 aliphatic heterocycles. The number of para-hydroxylation sites is 1. The van der Waals surface area contributed by atoms with E-state index in [0.717, 1.165) is 11.9 Å². The van der Waals surface area contributed by atoms with E-state index >= 15 is 0 Å². The SMILES string of the molecule is O=C(N/C=C/C1CCCC1)NCCc1c[nH]c2ccccc12. The molecule has 0 unspecified atom stereocenters. The van der Waals surface area contributed by atoms with Crippen molar-refractivity contribution in [3.05, 3.63) is 48.3 Å². The zero-order chi connectivity index (χ0) is 15.2. The molecule has 0 saturated heterocycles. The number of nitrogens with one attached hydrogen (secondary N) is 3. The molecule has 1 aromatic heterocycles. The van der Waals surface area contributed by atoms with Crippen LogP contribution in [0.2, 0.25) is 0 Å². The summed E-state index contributed by atoms with van der Waals surface area (Å²) >= 11 is 0. The van der Waals surface area contributed by atoms with Gasteiger partial charge in [0.15, 0.2) is 0 Å². The van der Waals surface area contributed by atoms with Crippen LogP contribution in [-0.2, 0) is 6.42 Å². The van der Waals surface area contributed by atoms with Crippen molar-refractivity contribution >= 4 is 16.9 Å². The number of aromatic nitrogens is 1. The molecule has 0 atom stereocenters. The number of rotatable bonds is 5. The molecule has 0 bridgehead atoms. The summed E-state index contributed by atoms with van der Waals surface area (Å²) in [5.41, 5.74) is 2.37. The number of hydrogen-bond acceptors (Lipinski definition) is 1. The van der Waals surface area contributed by atoms with Crippen molar-refractivity contribution in [1.29, 1.82) is 0 Å². The fourth-order valence-electron chi connectivity index (χ4n) is 3.11. The molecule has 4 nitrogen and oxygen atoms in total. The van der Waals surface area contributed by atoms with Gasteiger partial charge in [-0.25, -0.2) is 4.79 Å². The van der Waals surface area contributed by atoms with Crippen LogP contribution < -0.4 is 10.6 Å². The van der Waals surface area contributed by atoms with Gasteiger partial charge < -0.3 is 15.6 Å². The fraction of sp³-hybridized carbons (Fsp3) is 0.389. The summed E-state index contributed by atoms with van der Waals surface area (Å²) in [7, 11) is 0. The molecule has 1 fully saturated rings. The Labute approximate surface area is 131 Å². The largest absolute Gasteiger partial charge is 0.361 e. The predicted octanol–water partition coefficient (Wildman–Crippen LogP) is 3.71. The van der Waals surface area contributed by atoms with Gasteiger partial charge in [-0.3, -0.25) is 0 Å². The standard InChI is InChI=1S/C18H23N3O/c22-18(19-11-9-14-5-1-2-6-14)20-12-10-15-13-21-17-8-4-3-7-16(15)17/h3-4,7-9,11,13-14,21H,1-2,5-6,10,12H2,(H2,19,20,22)/b11-9+. The Bertz CT molecular complexity index is 653. The quantitative estimate of drug-likeness (QED) is 0.774. The van der Waals surface area contributed by atoms with Crippen molar-refractivity contribution in [3.8, 4) is 0 Å². The second kappa shape index (κ2) is 7.16. The van der Waals surface area contributed by atoms with Gasteiger partial charge in [0.05, 0.1) is 0 Å².